The molecule has 1 heterocycles. The minimum atomic E-state index is -0.225. The van der Waals surface area contributed by atoms with Crippen LogP contribution in [0.25, 0.3) is 0 Å². The lowest BCUT2D eigenvalue weighted by atomic mass is 10.0. The molecule has 0 aromatic heterocycles. The number of hydrogen-bond acceptors (Lipinski definition) is 4. The standard InChI is InChI=1S/C25H24N2O3/c1-29-23-15-18(11-14-22(23)30-16-17-7-3-2-4-8-17)24-26-21-10-6-5-9-20(21)25(28)27(24)19-12-13-19/h2-11,14-15,19,24,26H,12-13,16H2,1H3/t24-/m0/s1. The number of carbonyl (C=O) groups is 1. The predicted molar refractivity (Wildman–Crippen MR) is 116 cm³/mol. The molecular formula is C25H24N2O3. The molecule has 5 heteroatoms. The van der Waals surface area contributed by atoms with Gasteiger partial charge in [-0.3, -0.25) is 4.79 Å². The molecule has 1 aliphatic heterocycles. The Balaban J connectivity index is 1.43. The Morgan fingerprint density at radius 2 is 1.73 bits per heavy atom. The molecule has 1 amide bonds. The van der Waals surface area contributed by atoms with Crippen LogP contribution in [0.4, 0.5) is 5.69 Å². The van der Waals surface area contributed by atoms with Gasteiger partial charge >= 0.3 is 0 Å². The van der Waals surface area contributed by atoms with E-state index in [1.165, 1.54) is 0 Å². The van der Waals surface area contributed by atoms with Crippen molar-refractivity contribution in [2.24, 2.45) is 0 Å². The maximum Gasteiger partial charge on any atom is 0.258 e. The zero-order valence-corrected chi connectivity index (χ0v) is 16.9. The Kier molecular flexibility index (Phi) is 4.79. The highest BCUT2D eigenvalue weighted by Crippen LogP contribution is 2.42. The second-order valence-corrected chi connectivity index (χ2v) is 7.72. The van der Waals surface area contributed by atoms with E-state index in [1.54, 1.807) is 7.11 Å². The Hall–Kier alpha value is -3.47. The number of ether oxygens (including phenoxy) is 2. The fraction of sp³-hybridized carbons (Fsp3) is 0.240. The molecular weight excluding hydrogens is 376 g/mol. The van der Waals surface area contributed by atoms with E-state index in [1.807, 2.05) is 77.7 Å². The minimum absolute atomic E-state index is 0.0835. The molecule has 0 bridgehead atoms. The zero-order valence-electron chi connectivity index (χ0n) is 16.9. The highest BCUT2D eigenvalue weighted by molar-refractivity contribution is 6.02. The maximum absolute atomic E-state index is 13.2. The normalized spacial score (nSPS) is 17.8. The molecule has 1 atom stereocenters. The topological polar surface area (TPSA) is 50.8 Å². The van der Waals surface area contributed by atoms with Gasteiger partial charge in [0.05, 0.1) is 12.7 Å². The summed E-state index contributed by atoms with van der Waals surface area (Å²) in [5.41, 5.74) is 3.68. The summed E-state index contributed by atoms with van der Waals surface area (Å²) >= 11 is 0. The molecule has 1 N–H and O–H groups in total. The van der Waals surface area contributed by atoms with Gasteiger partial charge in [-0.1, -0.05) is 48.5 Å². The van der Waals surface area contributed by atoms with Crippen molar-refractivity contribution in [2.75, 3.05) is 12.4 Å². The SMILES string of the molecule is COc1cc([C@H]2Nc3ccccc3C(=O)N2C2CC2)ccc1OCc1ccccc1. The van der Waals surface area contributed by atoms with E-state index >= 15 is 0 Å². The average Bonchev–Trinajstić information content (AvgIpc) is 3.63. The van der Waals surface area contributed by atoms with Crippen LogP contribution in [0, 0.1) is 0 Å². The fourth-order valence-electron chi connectivity index (χ4n) is 3.95. The molecule has 1 saturated carbocycles. The van der Waals surface area contributed by atoms with Gasteiger partial charge in [0, 0.05) is 11.7 Å². The lowest BCUT2D eigenvalue weighted by Crippen LogP contribution is -2.44. The average molecular weight is 400 g/mol. The van der Waals surface area contributed by atoms with Crippen molar-refractivity contribution in [3.63, 3.8) is 0 Å². The van der Waals surface area contributed by atoms with Crippen LogP contribution in [-0.4, -0.2) is 24.0 Å². The number of benzene rings is 3. The van der Waals surface area contributed by atoms with Gasteiger partial charge in [0.15, 0.2) is 11.5 Å². The molecule has 3 aromatic rings. The van der Waals surface area contributed by atoms with Crippen LogP contribution in [0.2, 0.25) is 0 Å². The van der Waals surface area contributed by atoms with Gasteiger partial charge in [-0.25, -0.2) is 0 Å². The van der Waals surface area contributed by atoms with E-state index in [0.29, 0.717) is 18.1 Å². The Labute approximate surface area is 176 Å². The third-order valence-electron chi connectivity index (χ3n) is 5.64. The molecule has 3 aromatic carbocycles. The number of anilines is 1. The predicted octanol–water partition coefficient (Wildman–Crippen LogP) is 5.00. The molecule has 0 unspecified atom stereocenters. The van der Waals surface area contributed by atoms with E-state index in [0.717, 1.165) is 35.2 Å². The van der Waals surface area contributed by atoms with E-state index in [2.05, 4.69) is 5.32 Å². The van der Waals surface area contributed by atoms with Crippen LogP contribution in [0.15, 0.2) is 72.8 Å². The summed E-state index contributed by atoms with van der Waals surface area (Å²) < 4.78 is 11.6. The number of hydrogen-bond donors (Lipinski definition) is 1. The Morgan fingerprint density at radius 1 is 0.967 bits per heavy atom. The minimum Gasteiger partial charge on any atom is -0.493 e. The monoisotopic (exact) mass is 400 g/mol. The van der Waals surface area contributed by atoms with E-state index in [4.69, 9.17) is 9.47 Å². The lowest BCUT2D eigenvalue weighted by Gasteiger charge is -2.38. The summed E-state index contributed by atoms with van der Waals surface area (Å²) in [4.78, 5) is 15.2. The Bertz CT molecular complexity index is 1060. The van der Waals surface area contributed by atoms with Gasteiger partial charge in [-0.15, -0.1) is 0 Å². The molecule has 2 aliphatic rings. The largest absolute Gasteiger partial charge is 0.493 e. The molecule has 0 radical (unpaired) electrons. The van der Waals surface area contributed by atoms with Gasteiger partial charge in [-0.2, -0.15) is 0 Å². The van der Waals surface area contributed by atoms with Crippen molar-refractivity contribution in [1.29, 1.82) is 0 Å². The molecule has 30 heavy (non-hydrogen) atoms. The van der Waals surface area contributed by atoms with Crippen molar-refractivity contribution in [3.8, 4) is 11.5 Å². The summed E-state index contributed by atoms with van der Waals surface area (Å²) in [6.45, 7) is 0.471. The molecule has 0 spiro atoms. The van der Waals surface area contributed by atoms with E-state index < -0.39 is 0 Å². The second-order valence-electron chi connectivity index (χ2n) is 7.72. The summed E-state index contributed by atoms with van der Waals surface area (Å²) in [5, 5.41) is 3.55. The molecule has 5 rings (SSSR count). The molecule has 152 valence electrons. The molecule has 1 fully saturated rings. The van der Waals surface area contributed by atoms with Crippen LogP contribution in [0.1, 0.15) is 40.5 Å². The van der Waals surface area contributed by atoms with Crippen molar-refractivity contribution in [2.45, 2.75) is 31.7 Å². The van der Waals surface area contributed by atoms with Crippen molar-refractivity contribution in [1.82, 2.24) is 4.90 Å². The number of rotatable bonds is 6. The first-order valence-electron chi connectivity index (χ1n) is 10.3. The van der Waals surface area contributed by atoms with E-state index in [-0.39, 0.29) is 18.1 Å². The van der Waals surface area contributed by atoms with Crippen molar-refractivity contribution in [3.05, 3.63) is 89.5 Å². The van der Waals surface area contributed by atoms with Crippen LogP contribution in [0.3, 0.4) is 0 Å². The number of nitrogens with one attached hydrogen (secondary N) is 1. The number of fused-ring (bicyclic) bond motifs is 1. The zero-order chi connectivity index (χ0) is 20.5. The number of amides is 1. The van der Waals surface area contributed by atoms with Gasteiger partial charge < -0.3 is 19.7 Å². The van der Waals surface area contributed by atoms with Crippen molar-refractivity contribution < 1.29 is 14.3 Å². The number of nitrogens with zero attached hydrogens (tertiary/aromatic N) is 1. The highest BCUT2D eigenvalue weighted by atomic mass is 16.5. The van der Waals surface area contributed by atoms with Crippen LogP contribution < -0.4 is 14.8 Å². The van der Waals surface area contributed by atoms with Gasteiger partial charge in [0.1, 0.15) is 12.8 Å². The summed E-state index contributed by atoms with van der Waals surface area (Å²) in [6, 6.07) is 23.9. The number of carbonyl (C=O) groups excluding carboxylic acids is 1. The lowest BCUT2D eigenvalue weighted by molar-refractivity contribution is 0.0666. The first-order chi connectivity index (χ1) is 14.7. The second kappa shape index (κ2) is 7.75. The fourth-order valence-corrected chi connectivity index (χ4v) is 3.95. The number of methoxy groups -OCH3 is 1. The molecule has 0 saturated heterocycles. The van der Waals surface area contributed by atoms with Gasteiger partial charge in [0.2, 0.25) is 0 Å². The first kappa shape index (κ1) is 18.6. The molecule has 5 nitrogen and oxygen atoms in total. The first-order valence-corrected chi connectivity index (χ1v) is 10.3. The summed E-state index contributed by atoms with van der Waals surface area (Å²) in [6.07, 6.45) is 1.86. The van der Waals surface area contributed by atoms with Crippen LogP contribution >= 0.6 is 0 Å². The van der Waals surface area contributed by atoms with E-state index in [9.17, 15) is 4.79 Å². The quantitative estimate of drug-likeness (QED) is 0.632. The van der Waals surface area contributed by atoms with Gasteiger partial charge in [-0.05, 0) is 48.2 Å². The Morgan fingerprint density at radius 3 is 2.50 bits per heavy atom. The third kappa shape index (κ3) is 3.47. The molecule has 1 aliphatic carbocycles. The van der Waals surface area contributed by atoms with Crippen LogP contribution in [0.5, 0.6) is 11.5 Å². The maximum atomic E-state index is 13.2. The highest BCUT2D eigenvalue weighted by Gasteiger charge is 2.42. The summed E-state index contributed by atoms with van der Waals surface area (Å²) in [5.74, 6) is 1.43. The van der Waals surface area contributed by atoms with Crippen LogP contribution in [-0.2, 0) is 6.61 Å². The number of para-hydroxylation sites is 1. The third-order valence-corrected chi connectivity index (χ3v) is 5.64. The van der Waals surface area contributed by atoms with Gasteiger partial charge in [0.25, 0.3) is 5.91 Å². The van der Waals surface area contributed by atoms with Crippen molar-refractivity contribution >= 4 is 11.6 Å². The smallest absolute Gasteiger partial charge is 0.258 e. The summed E-state index contributed by atoms with van der Waals surface area (Å²) in [7, 11) is 1.64.